The number of carbonyl (C=O) groups is 2. The Morgan fingerprint density at radius 3 is 2.26 bits per heavy atom. The molecule has 0 fully saturated rings. The lowest BCUT2D eigenvalue weighted by Crippen LogP contribution is -2.41. The van der Waals surface area contributed by atoms with Crippen molar-refractivity contribution >= 4 is 23.4 Å². The van der Waals surface area contributed by atoms with Gasteiger partial charge >= 0.3 is 6.03 Å². The van der Waals surface area contributed by atoms with Gasteiger partial charge in [-0.15, -0.1) is 0 Å². The largest absolute Gasteiger partial charge is 0.322 e. The molecule has 2 N–H and O–H groups in total. The molecule has 0 atom stereocenters. The van der Waals surface area contributed by atoms with Gasteiger partial charge < -0.3 is 15.5 Å². The molecule has 38 heavy (non-hydrogen) atoms. The van der Waals surface area contributed by atoms with Crippen molar-refractivity contribution in [3.8, 4) is 16.9 Å². The fraction of sp³-hybridized carbons (Fsp3) is 0.258. The van der Waals surface area contributed by atoms with E-state index in [2.05, 4.69) is 23.6 Å². The van der Waals surface area contributed by atoms with Crippen LogP contribution in [-0.2, 0) is 4.79 Å². The van der Waals surface area contributed by atoms with E-state index >= 15 is 0 Å². The van der Waals surface area contributed by atoms with Crippen molar-refractivity contribution in [2.45, 2.75) is 40.5 Å². The number of hydrogen-bond donors (Lipinski definition) is 2. The third-order valence-electron chi connectivity index (χ3n) is 6.33. The van der Waals surface area contributed by atoms with E-state index in [-0.39, 0.29) is 18.5 Å². The number of hydrogen-bond acceptors (Lipinski definition) is 3. The van der Waals surface area contributed by atoms with Crippen LogP contribution >= 0.6 is 0 Å². The summed E-state index contributed by atoms with van der Waals surface area (Å²) < 4.78 is 1.76. The first-order chi connectivity index (χ1) is 18.3. The van der Waals surface area contributed by atoms with Crippen molar-refractivity contribution in [2.24, 2.45) is 0 Å². The lowest BCUT2D eigenvalue weighted by atomic mass is 10.1. The third kappa shape index (κ3) is 6.68. The second-order valence-electron chi connectivity index (χ2n) is 9.60. The van der Waals surface area contributed by atoms with Crippen molar-refractivity contribution in [1.82, 2.24) is 14.7 Å². The average Bonchev–Trinajstić information content (AvgIpc) is 3.31. The highest BCUT2D eigenvalue weighted by Crippen LogP contribution is 2.26. The molecule has 7 heteroatoms. The van der Waals surface area contributed by atoms with E-state index in [1.54, 1.807) is 9.58 Å². The molecule has 196 valence electrons. The number of nitrogens with one attached hydrogen (secondary N) is 2. The number of urea groups is 1. The fourth-order valence-electron chi connectivity index (χ4n) is 4.24. The highest BCUT2D eigenvalue weighted by atomic mass is 16.2. The summed E-state index contributed by atoms with van der Waals surface area (Å²) in [5.41, 5.74) is 6.59. The van der Waals surface area contributed by atoms with E-state index < -0.39 is 0 Å². The van der Waals surface area contributed by atoms with Crippen LogP contribution in [0.3, 0.4) is 0 Å². The summed E-state index contributed by atoms with van der Waals surface area (Å²) in [6.07, 6.45) is 1.71. The maximum Gasteiger partial charge on any atom is 0.322 e. The van der Waals surface area contributed by atoms with Crippen LogP contribution in [0.2, 0.25) is 0 Å². The Morgan fingerprint density at radius 1 is 0.868 bits per heavy atom. The van der Waals surface area contributed by atoms with E-state index in [1.807, 2.05) is 93.6 Å². The van der Waals surface area contributed by atoms with Crippen LogP contribution in [0.5, 0.6) is 0 Å². The average molecular weight is 510 g/mol. The van der Waals surface area contributed by atoms with Gasteiger partial charge in [0.05, 0.1) is 11.4 Å². The molecule has 0 spiro atoms. The van der Waals surface area contributed by atoms with Crippen LogP contribution in [0.15, 0.2) is 78.9 Å². The van der Waals surface area contributed by atoms with Crippen LogP contribution in [0.25, 0.3) is 16.9 Å². The second kappa shape index (κ2) is 12.2. The number of aromatic nitrogens is 2. The van der Waals surface area contributed by atoms with Gasteiger partial charge in [-0.2, -0.15) is 5.10 Å². The Labute approximate surface area is 224 Å². The molecule has 0 aliphatic heterocycles. The Balaban J connectivity index is 1.58. The van der Waals surface area contributed by atoms with E-state index in [0.717, 1.165) is 46.5 Å². The summed E-state index contributed by atoms with van der Waals surface area (Å²) in [6, 6.07) is 25.2. The van der Waals surface area contributed by atoms with Crippen molar-refractivity contribution in [2.75, 3.05) is 23.7 Å². The second-order valence-corrected chi connectivity index (χ2v) is 9.60. The zero-order valence-electron chi connectivity index (χ0n) is 22.5. The first kappa shape index (κ1) is 26.7. The number of anilines is 2. The van der Waals surface area contributed by atoms with E-state index in [4.69, 9.17) is 5.10 Å². The fourth-order valence-corrected chi connectivity index (χ4v) is 4.24. The van der Waals surface area contributed by atoms with Gasteiger partial charge in [0.25, 0.3) is 0 Å². The first-order valence-corrected chi connectivity index (χ1v) is 13.0. The quantitative estimate of drug-likeness (QED) is 0.262. The summed E-state index contributed by atoms with van der Waals surface area (Å²) in [4.78, 5) is 27.9. The number of carbonyl (C=O) groups excluding carboxylic acids is 2. The van der Waals surface area contributed by atoms with Gasteiger partial charge in [-0.1, -0.05) is 79.1 Å². The number of unbranched alkanes of at least 4 members (excludes halogenated alkanes) is 1. The predicted molar refractivity (Wildman–Crippen MR) is 154 cm³/mol. The zero-order chi connectivity index (χ0) is 27.1. The van der Waals surface area contributed by atoms with Gasteiger partial charge in [-0.3, -0.25) is 4.79 Å². The van der Waals surface area contributed by atoms with E-state index in [9.17, 15) is 9.59 Å². The number of rotatable bonds is 9. The van der Waals surface area contributed by atoms with Crippen LogP contribution < -0.4 is 10.6 Å². The van der Waals surface area contributed by atoms with Gasteiger partial charge in [-0.05, 0) is 51.0 Å². The lowest BCUT2D eigenvalue weighted by molar-refractivity contribution is -0.116. The molecule has 0 saturated carbocycles. The minimum atomic E-state index is -0.301. The molecule has 7 nitrogen and oxygen atoms in total. The van der Waals surface area contributed by atoms with Crippen LogP contribution in [0.1, 0.15) is 36.5 Å². The Kier molecular flexibility index (Phi) is 8.58. The third-order valence-corrected chi connectivity index (χ3v) is 6.33. The number of aryl methyl sites for hydroxylation is 3. The molecule has 4 rings (SSSR count). The van der Waals surface area contributed by atoms with Crippen LogP contribution in [0, 0.1) is 20.8 Å². The Bertz CT molecular complexity index is 1390. The highest BCUT2D eigenvalue weighted by Gasteiger charge is 2.20. The minimum Gasteiger partial charge on any atom is -0.315 e. The van der Waals surface area contributed by atoms with Crippen molar-refractivity contribution in [3.05, 3.63) is 95.6 Å². The standard InChI is InChI=1S/C31H35N5O2/c1-5-6-18-35(31(38)32-26-15-12-22(2)13-16-26)21-30(37)33-29-20-27(25-10-8-7-9-11-25)34-36(29)28-17-14-23(3)19-24(28)4/h7-17,19-20H,5-6,18,21H2,1-4H3,(H,32,38)(H,33,37). The zero-order valence-corrected chi connectivity index (χ0v) is 22.5. The van der Waals surface area contributed by atoms with Crippen molar-refractivity contribution in [3.63, 3.8) is 0 Å². The van der Waals surface area contributed by atoms with Crippen molar-refractivity contribution in [1.29, 1.82) is 0 Å². The van der Waals surface area contributed by atoms with Gasteiger partial charge in [0, 0.05) is 23.9 Å². The number of benzene rings is 3. The molecule has 0 unspecified atom stereocenters. The molecular formula is C31H35N5O2. The van der Waals surface area contributed by atoms with E-state index in [0.29, 0.717) is 18.1 Å². The SMILES string of the molecule is CCCCN(CC(=O)Nc1cc(-c2ccccc2)nn1-c1ccc(C)cc1C)C(=O)Nc1ccc(C)cc1. The molecule has 0 radical (unpaired) electrons. The monoisotopic (exact) mass is 509 g/mol. The summed E-state index contributed by atoms with van der Waals surface area (Å²) in [5, 5.41) is 10.8. The normalized spacial score (nSPS) is 10.7. The minimum absolute atomic E-state index is 0.0730. The van der Waals surface area contributed by atoms with Gasteiger partial charge in [0.15, 0.2) is 0 Å². The summed E-state index contributed by atoms with van der Waals surface area (Å²) >= 11 is 0. The van der Waals surface area contributed by atoms with Crippen LogP contribution in [0.4, 0.5) is 16.3 Å². The number of nitrogens with zero attached hydrogens (tertiary/aromatic N) is 3. The smallest absolute Gasteiger partial charge is 0.315 e. The molecule has 3 aromatic carbocycles. The molecular weight excluding hydrogens is 474 g/mol. The maximum atomic E-state index is 13.3. The molecule has 0 aliphatic rings. The first-order valence-electron chi connectivity index (χ1n) is 13.0. The number of amides is 3. The molecule has 3 amide bonds. The summed E-state index contributed by atoms with van der Waals surface area (Å²) in [6.45, 7) is 8.53. The molecule has 1 aromatic heterocycles. The maximum absolute atomic E-state index is 13.3. The Morgan fingerprint density at radius 2 is 1.58 bits per heavy atom. The molecule has 1 heterocycles. The summed E-state index contributed by atoms with van der Waals surface area (Å²) in [7, 11) is 0. The van der Waals surface area contributed by atoms with Gasteiger partial charge in [-0.25, -0.2) is 9.48 Å². The van der Waals surface area contributed by atoms with E-state index in [1.165, 1.54) is 0 Å². The topological polar surface area (TPSA) is 79.3 Å². The predicted octanol–water partition coefficient (Wildman–Crippen LogP) is 6.74. The molecule has 0 aliphatic carbocycles. The summed E-state index contributed by atoms with van der Waals surface area (Å²) in [5.74, 6) is 0.265. The molecule has 4 aromatic rings. The Hall–Kier alpha value is -4.39. The van der Waals surface area contributed by atoms with Gasteiger partial charge in [0.1, 0.15) is 12.4 Å². The lowest BCUT2D eigenvalue weighted by Gasteiger charge is -2.22. The molecule has 0 saturated heterocycles. The molecule has 0 bridgehead atoms. The van der Waals surface area contributed by atoms with Crippen LogP contribution in [-0.4, -0.2) is 39.7 Å². The van der Waals surface area contributed by atoms with Gasteiger partial charge in [0.2, 0.25) is 5.91 Å². The highest BCUT2D eigenvalue weighted by molar-refractivity contribution is 5.97. The van der Waals surface area contributed by atoms with Crippen molar-refractivity contribution < 1.29 is 9.59 Å².